The summed E-state index contributed by atoms with van der Waals surface area (Å²) in [4.78, 5) is 13.7. The molecule has 0 aliphatic heterocycles. The van der Waals surface area contributed by atoms with E-state index < -0.39 is 0 Å². The highest BCUT2D eigenvalue weighted by molar-refractivity contribution is 7.15. The molecule has 0 fully saturated rings. The maximum Gasteiger partial charge on any atom is 0.194 e. The molecule has 0 amide bonds. The number of fused-ring (bicyclic) bond motifs is 2. The Hall–Kier alpha value is -3.12. The summed E-state index contributed by atoms with van der Waals surface area (Å²) in [7, 11) is 0. The molecule has 5 rings (SSSR count). The zero-order valence-corrected chi connectivity index (χ0v) is 13.3. The minimum absolute atomic E-state index is 0.225. The van der Waals surface area contributed by atoms with Gasteiger partial charge < -0.3 is 10.1 Å². The monoisotopic (exact) mass is 332 g/mol. The molecule has 6 heteroatoms. The summed E-state index contributed by atoms with van der Waals surface area (Å²) in [6.07, 6.45) is 4.03. The van der Waals surface area contributed by atoms with Gasteiger partial charge in [0.15, 0.2) is 4.96 Å². The lowest BCUT2D eigenvalue weighted by Gasteiger charge is -1.98. The number of para-hydroxylation sites is 1. The molecule has 0 bridgehead atoms. The Morgan fingerprint density at radius 2 is 2.00 bits per heavy atom. The Bertz CT molecular complexity index is 1160. The summed E-state index contributed by atoms with van der Waals surface area (Å²) in [5, 5.41) is 11.7. The van der Waals surface area contributed by atoms with Crippen molar-refractivity contribution in [1.29, 1.82) is 0 Å². The minimum Gasteiger partial charge on any atom is -0.508 e. The van der Waals surface area contributed by atoms with Gasteiger partial charge in [0.1, 0.15) is 11.6 Å². The summed E-state index contributed by atoms with van der Waals surface area (Å²) >= 11 is 1.61. The van der Waals surface area contributed by atoms with E-state index in [-0.39, 0.29) is 5.75 Å². The van der Waals surface area contributed by atoms with E-state index in [0.29, 0.717) is 0 Å². The van der Waals surface area contributed by atoms with Gasteiger partial charge in [0.25, 0.3) is 0 Å². The molecule has 5 nitrogen and oxygen atoms in total. The van der Waals surface area contributed by atoms with Gasteiger partial charge in [-0.05, 0) is 18.2 Å². The average Bonchev–Trinajstić information content (AvgIpc) is 3.28. The highest BCUT2D eigenvalue weighted by Gasteiger charge is 2.13. The highest BCUT2D eigenvalue weighted by atomic mass is 32.1. The van der Waals surface area contributed by atoms with Crippen LogP contribution in [0, 0.1) is 0 Å². The highest BCUT2D eigenvalue weighted by Crippen LogP contribution is 2.30. The van der Waals surface area contributed by atoms with Crippen molar-refractivity contribution >= 4 is 27.3 Å². The molecule has 0 spiro atoms. The second kappa shape index (κ2) is 4.94. The van der Waals surface area contributed by atoms with Gasteiger partial charge in [-0.25, -0.2) is 9.97 Å². The number of rotatable bonds is 2. The van der Waals surface area contributed by atoms with Crippen LogP contribution >= 0.6 is 11.3 Å². The molecule has 2 aromatic carbocycles. The number of hydrogen-bond donors (Lipinski definition) is 2. The lowest BCUT2D eigenvalue weighted by Crippen LogP contribution is -1.81. The molecule has 3 aromatic heterocycles. The van der Waals surface area contributed by atoms with Crippen LogP contribution in [0.15, 0.2) is 60.2 Å². The van der Waals surface area contributed by atoms with Crippen LogP contribution in [0.2, 0.25) is 0 Å². The summed E-state index contributed by atoms with van der Waals surface area (Å²) in [6, 6.07) is 13.1. The Morgan fingerprint density at radius 1 is 1.08 bits per heavy atom. The molecule has 3 heterocycles. The van der Waals surface area contributed by atoms with E-state index in [0.717, 1.165) is 38.6 Å². The number of aromatic hydroxyl groups is 1. The predicted octanol–water partition coefficient (Wildman–Crippen LogP) is 4.31. The third-order valence-corrected chi connectivity index (χ3v) is 4.78. The maximum atomic E-state index is 9.69. The Balaban J connectivity index is 1.71. The van der Waals surface area contributed by atoms with Crippen LogP contribution in [0.5, 0.6) is 5.75 Å². The minimum atomic E-state index is 0.225. The van der Waals surface area contributed by atoms with Crippen LogP contribution in [0.1, 0.15) is 0 Å². The van der Waals surface area contributed by atoms with E-state index in [1.165, 1.54) is 0 Å². The molecule has 2 N–H and O–H groups in total. The number of nitrogens with zero attached hydrogens (tertiary/aromatic N) is 3. The molecule has 0 unspecified atom stereocenters. The number of phenolic OH excluding ortho intramolecular Hbond substituents is 1. The smallest absolute Gasteiger partial charge is 0.194 e. The van der Waals surface area contributed by atoms with Crippen molar-refractivity contribution in [2.24, 2.45) is 0 Å². The number of H-pyrrole nitrogens is 1. The molecular weight excluding hydrogens is 320 g/mol. The molecule has 0 atom stereocenters. The van der Waals surface area contributed by atoms with Crippen molar-refractivity contribution in [3.05, 3.63) is 60.2 Å². The van der Waals surface area contributed by atoms with Crippen molar-refractivity contribution in [2.45, 2.75) is 0 Å². The van der Waals surface area contributed by atoms with Crippen LogP contribution in [0.4, 0.5) is 0 Å². The summed E-state index contributed by atoms with van der Waals surface area (Å²) in [5.41, 5.74) is 4.60. The van der Waals surface area contributed by atoms with E-state index in [2.05, 4.69) is 15.0 Å². The van der Waals surface area contributed by atoms with Crippen molar-refractivity contribution in [3.63, 3.8) is 0 Å². The quantitative estimate of drug-likeness (QED) is 0.506. The first-order valence-electron chi connectivity index (χ1n) is 7.49. The molecule has 116 valence electrons. The van der Waals surface area contributed by atoms with E-state index in [9.17, 15) is 5.11 Å². The van der Waals surface area contributed by atoms with Crippen LogP contribution in [-0.2, 0) is 0 Å². The Kier molecular flexibility index (Phi) is 2.74. The van der Waals surface area contributed by atoms with Crippen molar-refractivity contribution in [2.75, 3.05) is 0 Å². The third kappa shape index (κ3) is 2.00. The third-order valence-electron chi connectivity index (χ3n) is 4.01. The lowest BCUT2D eigenvalue weighted by molar-refractivity contribution is 0.475. The number of imidazole rings is 2. The molecule has 0 aliphatic carbocycles. The Morgan fingerprint density at radius 3 is 2.88 bits per heavy atom. The van der Waals surface area contributed by atoms with Gasteiger partial charge in [-0.3, -0.25) is 4.40 Å². The normalized spacial score (nSPS) is 11.5. The molecule has 0 aliphatic rings. The molecule has 0 saturated heterocycles. The fraction of sp³-hybridized carbons (Fsp3) is 0. The standard InChI is InChI=1S/C18H12N4OS/c23-12-4-1-3-11(9-12)17-19-14-6-2-5-13(16(14)21-17)15-10-22-7-8-24-18(22)20-15/h1-10,23H,(H,19,21). The SMILES string of the molecule is Oc1cccc(-c2nc3cccc(-c4cn5ccsc5n4)c3[nH]2)c1. The van der Waals surface area contributed by atoms with Gasteiger partial charge in [0.2, 0.25) is 0 Å². The lowest BCUT2D eigenvalue weighted by atomic mass is 10.1. The van der Waals surface area contributed by atoms with E-state index in [4.69, 9.17) is 0 Å². The molecule has 24 heavy (non-hydrogen) atoms. The number of hydrogen-bond acceptors (Lipinski definition) is 4. The van der Waals surface area contributed by atoms with Gasteiger partial charge >= 0.3 is 0 Å². The van der Waals surface area contributed by atoms with Gasteiger partial charge in [-0.1, -0.05) is 24.3 Å². The number of phenols is 1. The topological polar surface area (TPSA) is 66.2 Å². The van der Waals surface area contributed by atoms with E-state index in [1.54, 1.807) is 23.5 Å². The molecule has 0 saturated carbocycles. The molecule has 5 aromatic rings. The Labute approximate surface area is 140 Å². The van der Waals surface area contributed by atoms with Crippen LogP contribution in [0.25, 0.3) is 38.6 Å². The summed E-state index contributed by atoms with van der Waals surface area (Å²) < 4.78 is 2.02. The van der Waals surface area contributed by atoms with Gasteiger partial charge in [-0.2, -0.15) is 0 Å². The van der Waals surface area contributed by atoms with E-state index >= 15 is 0 Å². The second-order valence-corrected chi connectivity index (χ2v) is 6.43. The molecule has 0 radical (unpaired) electrons. The first-order chi connectivity index (χ1) is 11.8. The number of aromatic nitrogens is 4. The largest absolute Gasteiger partial charge is 0.508 e. The average molecular weight is 332 g/mol. The zero-order chi connectivity index (χ0) is 16.1. The van der Waals surface area contributed by atoms with Crippen molar-refractivity contribution < 1.29 is 5.11 Å². The number of nitrogens with one attached hydrogen (secondary N) is 1. The maximum absolute atomic E-state index is 9.69. The van der Waals surface area contributed by atoms with Gasteiger partial charge in [-0.15, -0.1) is 11.3 Å². The van der Waals surface area contributed by atoms with Crippen molar-refractivity contribution in [1.82, 2.24) is 19.4 Å². The van der Waals surface area contributed by atoms with Crippen LogP contribution in [0.3, 0.4) is 0 Å². The second-order valence-electron chi connectivity index (χ2n) is 5.55. The van der Waals surface area contributed by atoms with Crippen LogP contribution < -0.4 is 0 Å². The number of aromatic amines is 1. The zero-order valence-electron chi connectivity index (χ0n) is 12.5. The fourth-order valence-corrected chi connectivity index (χ4v) is 3.59. The first-order valence-corrected chi connectivity index (χ1v) is 8.36. The fourth-order valence-electron chi connectivity index (χ4n) is 2.89. The summed E-state index contributed by atoms with van der Waals surface area (Å²) in [6.45, 7) is 0. The van der Waals surface area contributed by atoms with E-state index in [1.807, 2.05) is 52.5 Å². The van der Waals surface area contributed by atoms with Crippen LogP contribution in [-0.4, -0.2) is 24.5 Å². The predicted molar refractivity (Wildman–Crippen MR) is 95.3 cm³/mol. The molecular formula is C18H12N4OS. The first kappa shape index (κ1) is 13.3. The van der Waals surface area contributed by atoms with Crippen molar-refractivity contribution in [3.8, 4) is 28.4 Å². The number of benzene rings is 2. The van der Waals surface area contributed by atoms with Gasteiger partial charge in [0, 0.05) is 28.9 Å². The van der Waals surface area contributed by atoms with Gasteiger partial charge in [0.05, 0.1) is 16.7 Å². The summed E-state index contributed by atoms with van der Waals surface area (Å²) in [5.74, 6) is 0.955. The number of thiazole rings is 1.